The van der Waals surface area contributed by atoms with Crippen LogP contribution in [-0.2, 0) is 39.9 Å². The first-order chi connectivity index (χ1) is 29.1. The zero-order chi connectivity index (χ0) is 44.5. The van der Waals surface area contributed by atoms with Gasteiger partial charge in [0.1, 0.15) is 35.8 Å². The number of phenolic OH excluding ortho intramolecular Hbond substituents is 1. The number of carbonyl (C=O) groups is 6. The van der Waals surface area contributed by atoms with Crippen LogP contribution in [0.3, 0.4) is 0 Å². The number of rotatable bonds is 10. The molecule has 4 amide bonds. The van der Waals surface area contributed by atoms with Crippen LogP contribution in [0.4, 0.5) is 0 Å². The summed E-state index contributed by atoms with van der Waals surface area (Å²) < 4.78 is 6.10. The third-order valence-electron chi connectivity index (χ3n) is 11.7. The van der Waals surface area contributed by atoms with Gasteiger partial charge in [-0.3, -0.25) is 29.0 Å². The van der Waals surface area contributed by atoms with Crippen molar-refractivity contribution in [1.82, 2.24) is 26.4 Å². The Morgan fingerprint density at radius 3 is 2.38 bits per heavy atom. The summed E-state index contributed by atoms with van der Waals surface area (Å²) in [6.45, 7) is 8.78. The summed E-state index contributed by atoms with van der Waals surface area (Å²) in [7, 11) is 0. The van der Waals surface area contributed by atoms with E-state index in [0.717, 1.165) is 25.7 Å². The van der Waals surface area contributed by atoms with E-state index in [9.17, 15) is 39.0 Å². The van der Waals surface area contributed by atoms with Crippen LogP contribution in [0.2, 0.25) is 0 Å². The van der Waals surface area contributed by atoms with Crippen molar-refractivity contribution in [3.8, 4) is 5.75 Å². The molecule has 0 aromatic heterocycles. The zero-order valence-electron chi connectivity index (χ0n) is 36.4. The molecule has 0 spiro atoms. The number of aliphatic hydroxyl groups excluding tert-OH is 1. The highest BCUT2D eigenvalue weighted by molar-refractivity contribution is 5.93. The molecule has 2 fully saturated rings. The van der Waals surface area contributed by atoms with Crippen LogP contribution in [-0.4, -0.2) is 93.5 Å². The van der Waals surface area contributed by atoms with E-state index in [-0.39, 0.29) is 49.3 Å². The number of benzene rings is 1. The van der Waals surface area contributed by atoms with Crippen LogP contribution >= 0.6 is 0 Å². The lowest BCUT2D eigenvalue weighted by Crippen LogP contribution is -2.62. The first-order valence-corrected chi connectivity index (χ1v) is 21.9. The number of aromatic hydroxyl groups is 1. The maximum Gasteiger partial charge on any atom is 0.325 e. The number of allylic oxidation sites excluding steroid dienone is 5. The van der Waals surface area contributed by atoms with Gasteiger partial charge in [-0.05, 0) is 87.5 Å². The molecule has 1 saturated carbocycles. The number of hydrogen-bond donors (Lipinski definition) is 6. The molecule has 3 aliphatic rings. The van der Waals surface area contributed by atoms with E-state index >= 15 is 0 Å². The molecule has 4 rings (SSSR count). The second-order valence-corrected chi connectivity index (χ2v) is 17.2. The second-order valence-electron chi connectivity index (χ2n) is 17.2. The van der Waals surface area contributed by atoms with Crippen LogP contribution in [0.5, 0.6) is 5.75 Å². The summed E-state index contributed by atoms with van der Waals surface area (Å²) >= 11 is 0. The molecule has 1 aromatic carbocycles. The average molecular weight is 846 g/mol. The zero-order valence-corrected chi connectivity index (χ0v) is 36.4. The minimum atomic E-state index is -1.18. The van der Waals surface area contributed by atoms with Crippen molar-refractivity contribution in [3.05, 3.63) is 77.9 Å². The Hall–Kier alpha value is -5.08. The SMILES string of the molecule is CC(=O)CCC1C(=O)NC(C(C)C)C(=O)NC(Cc2cccc(O)c2)C(=O)N2CCCC(N2)C(=O)OC(C(C)=CC=CC(=O)NC2CCCCC2)CC=CC=CCC(C)C1O. The quantitative estimate of drug-likeness (QED) is 0.108. The molecule has 61 heavy (non-hydrogen) atoms. The fourth-order valence-electron chi connectivity index (χ4n) is 7.92. The molecule has 334 valence electrons. The predicted octanol–water partition coefficient (Wildman–Crippen LogP) is 4.81. The number of ketones is 1. The molecule has 2 heterocycles. The smallest absolute Gasteiger partial charge is 0.325 e. The number of hydrazine groups is 1. The molecule has 1 aromatic rings. The van der Waals surface area contributed by atoms with Crippen molar-refractivity contribution >= 4 is 35.4 Å². The first-order valence-electron chi connectivity index (χ1n) is 21.9. The van der Waals surface area contributed by atoms with Gasteiger partial charge in [-0.25, -0.2) is 5.43 Å². The number of fused-ring (bicyclic) bond motifs is 2. The number of Topliss-reactive ketones (excluding diaryl/α,β-unsaturated/α-hetero) is 1. The Balaban J connectivity index is 1.66. The molecule has 2 bridgehead atoms. The monoisotopic (exact) mass is 845 g/mol. The summed E-state index contributed by atoms with van der Waals surface area (Å²) in [6.07, 6.45) is 17.3. The summed E-state index contributed by atoms with van der Waals surface area (Å²) in [4.78, 5) is 80.9. The minimum Gasteiger partial charge on any atom is -0.508 e. The number of amides is 4. The van der Waals surface area contributed by atoms with Gasteiger partial charge in [-0.2, -0.15) is 0 Å². The van der Waals surface area contributed by atoms with E-state index in [1.54, 1.807) is 38.1 Å². The number of carbonyl (C=O) groups excluding carboxylic acids is 6. The van der Waals surface area contributed by atoms with Gasteiger partial charge in [-0.15, -0.1) is 0 Å². The molecule has 14 heteroatoms. The molecule has 2 aliphatic heterocycles. The molecule has 6 N–H and O–H groups in total. The fourth-order valence-corrected chi connectivity index (χ4v) is 7.92. The summed E-state index contributed by atoms with van der Waals surface area (Å²) in [5.74, 6) is -4.49. The number of cyclic esters (lactones) is 1. The van der Waals surface area contributed by atoms with Crippen LogP contribution in [0.15, 0.2) is 72.4 Å². The maximum absolute atomic E-state index is 14.4. The topological polar surface area (TPSA) is 203 Å². The molecule has 14 nitrogen and oxygen atoms in total. The number of nitrogens with one attached hydrogen (secondary N) is 4. The molecule has 1 saturated heterocycles. The van der Waals surface area contributed by atoms with Crippen LogP contribution in [0.25, 0.3) is 0 Å². The lowest BCUT2D eigenvalue weighted by Gasteiger charge is -2.36. The molecular formula is C47H67N5O9. The standard InChI is InChI=1S/C47H67N5O9/c1-30(2)42-45(58)49-39(29-34-18-14-21-36(54)28-34)46(59)52-27-15-22-38(51-52)47(60)61-40(31(3)17-13-24-41(55)48-35-19-10-8-11-20-35)23-12-7-6-9-16-32(4)43(56)37(44(57)50-42)26-25-33(5)53/h6-7,9,12-14,17-18,21,24,28,30,32,35,37-40,42-43,51,54,56H,8,10-11,15-16,19-20,22-23,25-27,29H2,1-5H3,(H,48,55)(H,49,58)(H,50,57). The van der Waals surface area contributed by atoms with E-state index in [2.05, 4.69) is 21.4 Å². The van der Waals surface area contributed by atoms with Crippen molar-refractivity contribution in [2.24, 2.45) is 17.8 Å². The summed E-state index contributed by atoms with van der Waals surface area (Å²) in [5.41, 5.74) is 4.29. The third-order valence-corrected chi connectivity index (χ3v) is 11.7. The van der Waals surface area contributed by atoms with E-state index in [4.69, 9.17) is 4.74 Å². The molecule has 7 unspecified atom stereocenters. The van der Waals surface area contributed by atoms with Gasteiger partial charge in [0.2, 0.25) is 17.7 Å². The second kappa shape index (κ2) is 24.4. The molecule has 7 atom stereocenters. The third kappa shape index (κ3) is 15.7. The minimum absolute atomic E-state index is 0.0133. The van der Waals surface area contributed by atoms with Gasteiger partial charge in [0, 0.05) is 37.9 Å². The Morgan fingerprint density at radius 2 is 1.69 bits per heavy atom. The van der Waals surface area contributed by atoms with Gasteiger partial charge < -0.3 is 35.7 Å². The van der Waals surface area contributed by atoms with E-state index in [1.807, 2.05) is 38.2 Å². The Morgan fingerprint density at radius 1 is 0.967 bits per heavy atom. The van der Waals surface area contributed by atoms with Crippen molar-refractivity contribution in [3.63, 3.8) is 0 Å². The Kier molecular flexibility index (Phi) is 19.4. The highest BCUT2D eigenvalue weighted by Gasteiger charge is 2.38. The molecular weight excluding hydrogens is 779 g/mol. The fraction of sp³-hybridized carbons (Fsp3) is 0.574. The van der Waals surface area contributed by atoms with Gasteiger partial charge in [0.25, 0.3) is 5.91 Å². The van der Waals surface area contributed by atoms with Crippen LogP contribution in [0, 0.1) is 17.8 Å². The van der Waals surface area contributed by atoms with Crippen molar-refractivity contribution in [2.75, 3.05) is 6.54 Å². The number of nitrogens with zero attached hydrogens (tertiary/aromatic N) is 1. The summed E-state index contributed by atoms with van der Waals surface area (Å²) in [5, 5.41) is 31.7. The number of hydrogen-bond acceptors (Lipinski definition) is 10. The van der Waals surface area contributed by atoms with E-state index in [0.29, 0.717) is 36.8 Å². The average Bonchev–Trinajstić information content (AvgIpc) is 3.22. The van der Waals surface area contributed by atoms with Gasteiger partial charge in [0.15, 0.2) is 0 Å². The highest BCUT2D eigenvalue weighted by atomic mass is 16.5. The van der Waals surface area contributed by atoms with Crippen molar-refractivity contribution < 1.29 is 43.7 Å². The van der Waals surface area contributed by atoms with Gasteiger partial charge >= 0.3 is 5.97 Å². The number of esters is 1. The molecule has 0 radical (unpaired) electrons. The van der Waals surface area contributed by atoms with Gasteiger partial charge in [0.05, 0.1) is 12.0 Å². The summed E-state index contributed by atoms with van der Waals surface area (Å²) in [6, 6.07) is 3.33. The number of phenols is 1. The van der Waals surface area contributed by atoms with E-state index in [1.165, 1.54) is 36.6 Å². The van der Waals surface area contributed by atoms with Crippen LogP contribution < -0.4 is 21.4 Å². The first kappa shape index (κ1) is 48.6. The van der Waals surface area contributed by atoms with E-state index < -0.39 is 71.8 Å². The number of aliphatic hydroxyl groups is 1. The predicted molar refractivity (Wildman–Crippen MR) is 232 cm³/mol. The van der Waals surface area contributed by atoms with Crippen molar-refractivity contribution in [1.29, 1.82) is 0 Å². The molecule has 1 aliphatic carbocycles. The highest BCUT2D eigenvalue weighted by Crippen LogP contribution is 2.24. The normalized spacial score (nSPS) is 27.2. The van der Waals surface area contributed by atoms with Gasteiger partial charge in [-0.1, -0.05) is 88.6 Å². The maximum atomic E-state index is 14.4. The number of ether oxygens (including phenoxy) is 1. The lowest BCUT2D eigenvalue weighted by molar-refractivity contribution is -0.156. The Bertz CT molecular complexity index is 1800. The van der Waals surface area contributed by atoms with Crippen molar-refractivity contribution in [2.45, 2.75) is 148 Å². The largest absolute Gasteiger partial charge is 0.508 e. The lowest BCUT2D eigenvalue weighted by atomic mass is 9.85. The van der Waals surface area contributed by atoms with Crippen LogP contribution in [0.1, 0.15) is 111 Å². The Labute approximate surface area is 360 Å².